The Labute approximate surface area is 161 Å². The van der Waals surface area contributed by atoms with E-state index in [1.807, 2.05) is 6.07 Å². The number of carbonyl (C=O) groups is 2. The van der Waals surface area contributed by atoms with Gasteiger partial charge in [0.25, 0.3) is 0 Å². The van der Waals surface area contributed by atoms with E-state index < -0.39 is 5.97 Å². The van der Waals surface area contributed by atoms with Gasteiger partial charge in [0.2, 0.25) is 5.91 Å². The van der Waals surface area contributed by atoms with E-state index in [2.05, 4.69) is 16.4 Å². The average Bonchev–Trinajstić information content (AvgIpc) is 2.67. The van der Waals surface area contributed by atoms with E-state index in [9.17, 15) is 14.9 Å². The first-order chi connectivity index (χ1) is 13.1. The number of carboxylic acids is 1. The number of aromatic carboxylic acids is 1. The highest BCUT2D eigenvalue weighted by Crippen LogP contribution is 2.27. The molecular weight excluding hydrogens is 362 g/mol. The monoisotopic (exact) mass is 381 g/mol. The van der Waals surface area contributed by atoms with Crippen LogP contribution in [-0.2, 0) is 17.6 Å². The largest absolute Gasteiger partial charge is 0.478 e. The number of rotatable bonds is 6. The standard InChI is InChI=1S/C20H19N3O3S/c21-12-15-10-13-4-1-2-7-17(13)23-19(15)27-9-8-18(24)22-16-6-3-5-14(11-16)20(25)26/h3,5-6,10-11H,1-2,4,7-9H2,(H,22,24)(H,25,26). The molecule has 6 nitrogen and oxygen atoms in total. The molecular formula is C20H19N3O3S. The zero-order valence-electron chi connectivity index (χ0n) is 14.7. The van der Waals surface area contributed by atoms with Gasteiger partial charge in [0, 0.05) is 23.6 Å². The summed E-state index contributed by atoms with van der Waals surface area (Å²) in [5.41, 5.74) is 3.37. The SMILES string of the molecule is N#Cc1cc2c(nc1SCCC(=O)Nc1cccc(C(=O)O)c1)CCCC2. The predicted octanol–water partition coefficient (Wildman–Crippen LogP) is 3.65. The van der Waals surface area contributed by atoms with Gasteiger partial charge in [0.1, 0.15) is 11.1 Å². The zero-order chi connectivity index (χ0) is 19.2. The summed E-state index contributed by atoms with van der Waals surface area (Å²) in [5.74, 6) is -0.754. The van der Waals surface area contributed by atoms with E-state index in [-0.39, 0.29) is 17.9 Å². The predicted molar refractivity (Wildman–Crippen MR) is 103 cm³/mol. The molecule has 0 radical (unpaired) electrons. The number of fused-ring (bicyclic) bond motifs is 1. The van der Waals surface area contributed by atoms with Crippen molar-refractivity contribution in [1.29, 1.82) is 5.26 Å². The van der Waals surface area contributed by atoms with E-state index in [0.717, 1.165) is 31.4 Å². The Morgan fingerprint density at radius 1 is 1.26 bits per heavy atom. The Kier molecular flexibility index (Phi) is 6.09. The normalized spacial score (nSPS) is 12.7. The maximum Gasteiger partial charge on any atom is 0.335 e. The van der Waals surface area contributed by atoms with Crippen molar-refractivity contribution in [1.82, 2.24) is 4.98 Å². The highest BCUT2D eigenvalue weighted by molar-refractivity contribution is 7.99. The fourth-order valence-electron chi connectivity index (χ4n) is 3.00. The van der Waals surface area contributed by atoms with Gasteiger partial charge in [-0.25, -0.2) is 9.78 Å². The number of aromatic nitrogens is 1. The van der Waals surface area contributed by atoms with E-state index >= 15 is 0 Å². The molecule has 1 heterocycles. The third kappa shape index (κ3) is 4.86. The van der Waals surface area contributed by atoms with Crippen LogP contribution in [0.4, 0.5) is 5.69 Å². The van der Waals surface area contributed by atoms with Crippen LogP contribution in [0.15, 0.2) is 35.4 Å². The number of aryl methyl sites for hydroxylation is 2. The number of amides is 1. The van der Waals surface area contributed by atoms with Gasteiger partial charge in [0.05, 0.1) is 11.1 Å². The molecule has 2 aromatic rings. The zero-order valence-corrected chi connectivity index (χ0v) is 15.5. The molecule has 0 saturated heterocycles. The minimum absolute atomic E-state index is 0.124. The van der Waals surface area contributed by atoms with Crippen LogP contribution in [0.2, 0.25) is 0 Å². The lowest BCUT2D eigenvalue weighted by Crippen LogP contribution is -2.13. The Morgan fingerprint density at radius 3 is 2.85 bits per heavy atom. The van der Waals surface area contributed by atoms with Crippen molar-refractivity contribution >= 4 is 29.3 Å². The first kappa shape index (κ1) is 18.9. The lowest BCUT2D eigenvalue weighted by atomic mass is 9.95. The van der Waals surface area contributed by atoms with E-state index in [0.29, 0.717) is 22.0 Å². The fourth-order valence-corrected chi connectivity index (χ4v) is 3.91. The summed E-state index contributed by atoms with van der Waals surface area (Å²) in [6.07, 6.45) is 4.41. The number of nitrogens with zero attached hydrogens (tertiary/aromatic N) is 2. The molecule has 1 amide bonds. The molecule has 27 heavy (non-hydrogen) atoms. The van der Waals surface area contributed by atoms with Gasteiger partial charge in [-0.3, -0.25) is 4.79 Å². The van der Waals surface area contributed by atoms with Gasteiger partial charge >= 0.3 is 5.97 Å². The highest BCUT2D eigenvalue weighted by atomic mass is 32.2. The van der Waals surface area contributed by atoms with Crippen molar-refractivity contribution in [3.8, 4) is 6.07 Å². The minimum Gasteiger partial charge on any atom is -0.478 e. The van der Waals surface area contributed by atoms with Gasteiger partial charge in [-0.05, 0) is 55.5 Å². The molecule has 3 rings (SSSR count). The smallest absolute Gasteiger partial charge is 0.335 e. The van der Waals surface area contributed by atoms with Crippen LogP contribution < -0.4 is 5.32 Å². The number of benzene rings is 1. The Balaban J connectivity index is 1.58. The minimum atomic E-state index is -1.04. The molecule has 7 heteroatoms. The third-order valence-electron chi connectivity index (χ3n) is 4.35. The number of hydrogen-bond acceptors (Lipinski definition) is 5. The van der Waals surface area contributed by atoms with Crippen molar-refractivity contribution in [2.24, 2.45) is 0 Å². The van der Waals surface area contributed by atoms with E-state index in [1.54, 1.807) is 12.1 Å². The lowest BCUT2D eigenvalue weighted by Gasteiger charge is -2.16. The van der Waals surface area contributed by atoms with Gasteiger partial charge in [0.15, 0.2) is 0 Å². The van der Waals surface area contributed by atoms with Crippen LogP contribution in [0.5, 0.6) is 0 Å². The van der Waals surface area contributed by atoms with Crippen LogP contribution in [-0.4, -0.2) is 27.7 Å². The topological polar surface area (TPSA) is 103 Å². The summed E-state index contributed by atoms with van der Waals surface area (Å²) in [4.78, 5) is 27.7. The molecule has 0 fully saturated rings. The number of carbonyl (C=O) groups excluding carboxylic acids is 1. The van der Waals surface area contributed by atoms with Gasteiger partial charge in [-0.2, -0.15) is 5.26 Å². The van der Waals surface area contributed by atoms with Crippen molar-refractivity contribution in [2.75, 3.05) is 11.1 Å². The van der Waals surface area contributed by atoms with Gasteiger partial charge in [-0.15, -0.1) is 11.8 Å². The summed E-state index contributed by atoms with van der Waals surface area (Å²) >= 11 is 1.40. The fraction of sp³-hybridized carbons (Fsp3) is 0.300. The van der Waals surface area contributed by atoms with Crippen LogP contribution in [0.3, 0.4) is 0 Å². The molecule has 0 saturated carbocycles. The summed E-state index contributed by atoms with van der Waals surface area (Å²) in [7, 11) is 0. The van der Waals surface area contributed by atoms with Crippen LogP contribution in [0, 0.1) is 11.3 Å². The third-order valence-corrected chi connectivity index (χ3v) is 5.34. The second-order valence-electron chi connectivity index (χ2n) is 6.30. The number of nitriles is 1. The summed E-state index contributed by atoms with van der Waals surface area (Å²) < 4.78 is 0. The molecule has 1 aliphatic carbocycles. The van der Waals surface area contributed by atoms with Crippen LogP contribution >= 0.6 is 11.8 Å². The van der Waals surface area contributed by atoms with Crippen molar-refractivity contribution in [3.05, 3.63) is 52.7 Å². The number of hydrogen-bond donors (Lipinski definition) is 2. The van der Waals surface area contributed by atoms with E-state index in [4.69, 9.17) is 5.11 Å². The molecule has 0 spiro atoms. The van der Waals surface area contributed by atoms with Crippen molar-refractivity contribution < 1.29 is 14.7 Å². The molecule has 1 aromatic heterocycles. The molecule has 1 aliphatic rings. The first-order valence-electron chi connectivity index (χ1n) is 8.75. The summed E-state index contributed by atoms with van der Waals surface area (Å²) in [6.45, 7) is 0. The average molecular weight is 381 g/mol. The molecule has 138 valence electrons. The Morgan fingerprint density at radius 2 is 2.07 bits per heavy atom. The first-order valence-corrected chi connectivity index (χ1v) is 9.74. The second-order valence-corrected chi connectivity index (χ2v) is 7.38. The lowest BCUT2D eigenvalue weighted by molar-refractivity contribution is -0.115. The van der Waals surface area contributed by atoms with Crippen molar-refractivity contribution in [3.63, 3.8) is 0 Å². The van der Waals surface area contributed by atoms with Crippen LogP contribution in [0.25, 0.3) is 0 Å². The molecule has 1 aromatic carbocycles. The Hall–Kier alpha value is -2.85. The second kappa shape index (κ2) is 8.69. The maximum absolute atomic E-state index is 12.1. The van der Waals surface area contributed by atoms with E-state index in [1.165, 1.54) is 29.5 Å². The highest BCUT2D eigenvalue weighted by Gasteiger charge is 2.16. The number of anilines is 1. The molecule has 0 bridgehead atoms. The van der Waals surface area contributed by atoms with Crippen LogP contribution in [0.1, 0.15) is 46.4 Å². The molecule has 0 unspecified atom stereocenters. The number of nitrogens with one attached hydrogen (secondary N) is 1. The van der Waals surface area contributed by atoms with Gasteiger partial charge in [-0.1, -0.05) is 6.07 Å². The molecule has 0 atom stereocenters. The van der Waals surface area contributed by atoms with Crippen molar-refractivity contribution in [2.45, 2.75) is 37.1 Å². The quantitative estimate of drug-likeness (QED) is 0.740. The molecule has 2 N–H and O–H groups in total. The van der Waals surface area contributed by atoms with Gasteiger partial charge < -0.3 is 10.4 Å². The summed E-state index contributed by atoms with van der Waals surface area (Å²) in [6, 6.07) is 10.3. The maximum atomic E-state index is 12.1. The number of carboxylic acid groups (broad SMARTS) is 1. The Bertz CT molecular complexity index is 921. The molecule has 0 aliphatic heterocycles. The summed E-state index contributed by atoms with van der Waals surface area (Å²) in [5, 5.41) is 21.7. The number of pyridine rings is 1. The number of thioether (sulfide) groups is 1.